The number of nitrogens with zero attached hydrogens (tertiary/aromatic N) is 4. The van der Waals surface area contributed by atoms with Gasteiger partial charge in [-0.25, -0.2) is 9.67 Å². The maximum Gasteiger partial charge on any atom is 0.246 e. The van der Waals surface area contributed by atoms with E-state index in [2.05, 4.69) is 25.6 Å². The molecule has 0 aliphatic heterocycles. The van der Waals surface area contributed by atoms with Crippen LogP contribution in [0.5, 0.6) is 0 Å². The number of carbonyl (C=O) groups excluding carboxylic acids is 1. The smallest absolute Gasteiger partial charge is 0.246 e. The molecule has 0 atom stereocenters. The van der Waals surface area contributed by atoms with Crippen LogP contribution in [0.1, 0.15) is 5.56 Å². The van der Waals surface area contributed by atoms with Crippen LogP contribution >= 0.6 is 0 Å². The van der Waals surface area contributed by atoms with E-state index in [4.69, 9.17) is 0 Å². The highest BCUT2D eigenvalue weighted by Crippen LogP contribution is 2.12. The fourth-order valence-corrected chi connectivity index (χ4v) is 1.85. The van der Waals surface area contributed by atoms with Crippen molar-refractivity contribution in [2.75, 3.05) is 5.32 Å². The lowest BCUT2D eigenvalue weighted by atomic mass is 10.3. The van der Waals surface area contributed by atoms with Gasteiger partial charge in [0.05, 0.1) is 18.1 Å². The molecule has 19 heavy (non-hydrogen) atoms. The van der Waals surface area contributed by atoms with E-state index in [0.29, 0.717) is 11.3 Å². The van der Waals surface area contributed by atoms with Crippen LogP contribution in [0.2, 0.25) is 0 Å². The Morgan fingerprint density at radius 2 is 2.32 bits per heavy atom. The van der Waals surface area contributed by atoms with E-state index < -0.39 is 0 Å². The molecule has 0 fully saturated rings. The summed E-state index contributed by atoms with van der Waals surface area (Å²) in [5, 5.41) is 14.2. The predicted molar refractivity (Wildman–Crippen MR) is 69.5 cm³/mol. The number of aromatic amines is 1. The molecule has 0 aliphatic rings. The van der Waals surface area contributed by atoms with Crippen LogP contribution in [0.25, 0.3) is 11.0 Å². The highest BCUT2D eigenvalue weighted by molar-refractivity contribution is 5.91. The number of rotatable bonds is 3. The molecule has 0 saturated heterocycles. The van der Waals surface area contributed by atoms with Gasteiger partial charge in [-0.1, -0.05) is 0 Å². The first-order valence-electron chi connectivity index (χ1n) is 5.79. The second kappa shape index (κ2) is 4.52. The van der Waals surface area contributed by atoms with E-state index in [0.717, 1.165) is 10.9 Å². The van der Waals surface area contributed by atoms with E-state index in [1.807, 2.05) is 13.0 Å². The minimum Gasteiger partial charge on any atom is -0.322 e. The van der Waals surface area contributed by atoms with Crippen molar-refractivity contribution < 1.29 is 4.79 Å². The number of fused-ring (bicyclic) bond motifs is 1. The molecule has 2 N–H and O–H groups in total. The number of hydrogen-bond acceptors (Lipinski definition) is 4. The maximum absolute atomic E-state index is 11.8. The predicted octanol–water partition coefficient (Wildman–Crippen LogP) is 1.10. The highest BCUT2D eigenvalue weighted by atomic mass is 16.2. The van der Waals surface area contributed by atoms with Gasteiger partial charge in [-0.2, -0.15) is 10.2 Å². The first-order chi connectivity index (χ1) is 9.22. The SMILES string of the molecule is Cc1cnc2c(cnn2CC(=O)Nc2cn[nH]c2)c1. The van der Waals surface area contributed by atoms with Crippen molar-refractivity contribution in [3.05, 3.63) is 36.4 Å². The number of hydrogen-bond donors (Lipinski definition) is 2. The second-order valence-electron chi connectivity index (χ2n) is 4.26. The van der Waals surface area contributed by atoms with E-state index in [9.17, 15) is 4.79 Å². The van der Waals surface area contributed by atoms with Crippen molar-refractivity contribution in [1.82, 2.24) is 25.0 Å². The molecule has 3 rings (SSSR count). The number of pyridine rings is 1. The Morgan fingerprint density at radius 1 is 1.42 bits per heavy atom. The molecule has 3 aromatic rings. The summed E-state index contributed by atoms with van der Waals surface area (Å²) in [4.78, 5) is 16.1. The summed E-state index contributed by atoms with van der Waals surface area (Å²) >= 11 is 0. The maximum atomic E-state index is 11.8. The van der Waals surface area contributed by atoms with E-state index in [1.165, 1.54) is 0 Å². The number of aromatic nitrogens is 5. The number of anilines is 1. The molecule has 0 aromatic carbocycles. The molecule has 0 radical (unpaired) electrons. The van der Waals surface area contributed by atoms with Crippen molar-refractivity contribution in [2.45, 2.75) is 13.5 Å². The van der Waals surface area contributed by atoms with Gasteiger partial charge in [-0.05, 0) is 18.6 Å². The molecule has 0 spiro atoms. The first kappa shape index (κ1) is 11.4. The molecule has 0 saturated carbocycles. The Kier molecular flexibility index (Phi) is 2.71. The number of H-pyrrole nitrogens is 1. The van der Waals surface area contributed by atoms with E-state index >= 15 is 0 Å². The zero-order chi connectivity index (χ0) is 13.2. The van der Waals surface area contributed by atoms with Crippen LogP contribution in [0.3, 0.4) is 0 Å². The molecule has 0 aliphatic carbocycles. The lowest BCUT2D eigenvalue weighted by Gasteiger charge is -2.03. The third kappa shape index (κ3) is 2.30. The van der Waals surface area contributed by atoms with E-state index in [1.54, 1.807) is 29.5 Å². The quantitative estimate of drug-likeness (QED) is 0.734. The van der Waals surface area contributed by atoms with Crippen LogP contribution in [0.4, 0.5) is 5.69 Å². The van der Waals surface area contributed by atoms with Crippen LogP contribution in [-0.4, -0.2) is 30.9 Å². The van der Waals surface area contributed by atoms with Crippen molar-refractivity contribution in [3.8, 4) is 0 Å². The molecule has 3 aromatic heterocycles. The van der Waals surface area contributed by atoms with Crippen LogP contribution < -0.4 is 5.32 Å². The lowest BCUT2D eigenvalue weighted by molar-refractivity contribution is -0.116. The fraction of sp³-hybridized carbons (Fsp3) is 0.167. The zero-order valence-electron chi connectivity index (χ0n) is 10.3. The third-order valence-corrected chi connectivity index (χ3v) is 2.69. The monoisotopic (exact) mass is 256 g/mol. The number of nitrogens with one attached hydrogen (secondary N) is 2. The average Bonchev–Trinajstić information content (AvgIpc) is 2.99. The summed E-state index contributed by atoms with van der Waals surface area (Å²) < 4.78 is 1.57. The van der Waals surface area contributed by atoms with Crippen LogP contribution in [0.15, 0.2) is 30.9 Å². The molecule has 0 unspecified atom stereocenters. The molecule has 1 amide bonds. The van der Waals surface area contributed by atoms with Crippen molar-refractivity contribution in [3.63, 3.8) is 0 Å². The lowest BCUT2D eigenvalue weighted by Crippen LogP contribution is -2.19. The van der Waals surface area contributed by atoms with Gasteiger partial charge in [0.25, 0.3) is 0 Å². The molecule has 3 heterocycles. The van der Waals surface area contributed by atoms with Crippen LogP contribution in [0, 0.1) is 6.92 Å². The van der Waals surface area contributed by atoms with E-state index in [-0.39, 0.29) is 12.5 Å². The first-order valence-corrected chi connectivity index (χ1v) is 5.79. The van der Waals surface area contributed by atoms with Gasteiger partial charge >= 0.3 is 0 Å². The average molecular weight is 256 g/mol. The molecule has 0 bridgehead atoms. The molecular formula is C12H12N6O. The summed E-state index contributed by atoms with van der Waals surface area (Å²) in [6.07, 6.45) is 6.62. The normalized spacial score (nSPS) is 10.8. The van der Waals surface area contributed by atoms with Crippen molar-refractivity contribution >= 4 is 22.6 Å². The Labute approximate surface area is 108 Å². The number of aryl methyl sites for hydroxylation is 1. The largest absolute Gasteiger partial charge is 0.322 e. The highest BCUT2D eigenvalue weighted by Gasteiger charge is 2.09. The van der Waals surface area contributed by atoms with Crippen molar-refractivity contribution in [1.29, 1.82) is 0 Å². The van der Waals surface area contributed by atoms with Gasteiger partial charge in [-0.15, -0.1) is 0 Å². The summed E-state index contributed by atoms with van der Waals surface area (Å²) in [6.45, 7) is 2.08. The zero-order valence-corrected chi connectivity index (χ0v) is 10.3. The third-order valence-electron chi connectivity index (χ3n) is 2.69. The molecule has 96 valence electrons. The summed E-state index contributed by atoms with van der Waals surface area (Å²) in [7, 11) is 0. The van der Waals surface area contributed by atoms with Gasteiger partial charge in [0.15, 0.2) is 5.65 Å². The molecule has 7 nitrogen and oxygen atoms in total. The Hall–Kier alpha value is -2.70. The minimum atomic E-state index is -0.172. The molecular weight excluding hydrogens is 244 g/mol. The van der Waals surface area contributed by atoms with Gasteiger partial charge in [0, 0.05) is 17.8 Å². The fourth-order valence-electron chi connectivity index (χ4n) is 1.85. The Morgan fingerprint density at radius 3 is 3.11 bits per heavy atom. The summed E-state index contributed by atoms with van der Waals surface area (Å²) in [6, 6.07) is 1.99. The topological polar surface area (TPSA) is 88.5 Å². The van der Waals surface area contributed by atoms with Gasteiger partial charge in [0.2, 0.25) is 5.91 Å². The van der Waals surface area contributed by atoms with Gasteiger partial charge < -0.3 is 5.32 Å². The minimum absolute atomic E-state index is 0.116. The number of carbonyl (C=O) groups is 1. The summed E-state index contributed by atoms with van der Waals surface area (Å²) in [5.41, 5.74) is 2.40. The van der Waals surface area contributed by atoms with Crippen LogP contribution in [-0.2, 0) is 11.3 Å². The number of amides is 1. The van der Waals surface area contributed by atoms with Gasteiger partial charge in [0.1, 0.15) is 6.54 Å². The Bertz CT molecular complexity index is 715. The Balaban J connectivity index is 1.79. The standard InChI is InChI=1S/C12H12N6O/c1-8-2-9-4-16-18(12(9)13-3-8)7-11(19)17-10-5-14-15-6-10/h2-6H,7H2,1H3,(H,14,15)(H,17,19). The molecule has 7 heteroatoms. The van der Waals surface area contributed by atoms with Crippen molar-refractivity contribution in [2.24, 2.45) is 0 Å². The second-order valence-corrected chi connectivity index (χ2v) is 4.26. The van der Waals surface area contributed by atoms with Gasteiger partial charge in [-0.3, -0.25) is 9.89 Å². The summed E-state index contributed by atoms with van der Waals surface area (Å²) in [5.74, 6) is -0.172.